The number of aromatic amines is 1. The van der Waals surface area contributed by atoms with Crippen LogP contribution in [0.2, 0.25) is 0 Å². The van der Waals surface area contributed by atoms with Crippen LogP contribution in [0, 0.1) is 0 Å². The molecule has 1 fully saturated rings. The molecule has 2 amide bonds. The van der Waals surface area contributed by atoms with Crippen LogP contribution in [0.3, 0.4) is 0 Å². The van der Waals surface area contributed by atoms with E-state index in [1.54, 1.807) is 17.3 Å². The minimum absolute atomic E-state index is 0.0439. The molecule has 1 N–H and O–H groups in total. The number of H-pyrrole nitrogens is 1. The lowest BCUT2D eigenvalue weighted by molar-refractivity contribution is -0.135. The zero-order valence-corrected chi connectivity index (χ0v) is 18.8. The van der Waals surface area contributed by atoms with Gasteiger partial charge in [0.05, 0.1) is 24.0 Å². The molecule has 1 unspecified atom stereocenters. The molecule has 172 valence electrons. The number of amides is 2. The maximum atomic E-state index is 13.4. The number of carbonyl (C=O) groups is 2. The van der Waals surface area contributed by atoms with E-state index in [4.69, 9.17) is 4.74 Å². The summed E-state index contributed by atoms with van der Waals surface area (Å²) in [6, 6.07) is 13.9. The highest BCUT2D eigenvalue weighted by Gasteiger charge is 2.29. The maximum Gasteiger partial charge on any atom is 0.254 e. The number of benzene rings is 2. The summed E-state index contributed by atoms with van der Waals surface area (Å²) in [5.74, 6) is 0.772. The molecule has 1 atom stereocenters. The Morgan fingerprint density at radius 3 is 2.94 bits per heavy atom. The van der Waals surface area contributed by atoms with Crippen LogP contribution in [0.15, 0.2) is 48.8 Å². The van der Waals surface area contributed by atoms with Gasteiger partial charge in [-0.25, -0.2) is 4.98 Å². The van der Waals surface area contributed by atoms with Crippen molar-refractivity contribution in [2.45, 2.75) is 44.6 Å². The first-order chi connectivity index (χ1) is 16.2. The van der Waals surface area contributed by atoms with Crippen LogP contribution >= 0.6 is 0 Å². The summed E-state index contributed by atoms with van der Waals surface area (Å²) in [5, 5.41) is 0. The number of nitrogens with zero attached hydrogens (tertiary/aromatic N) is 3. The van der Waals surface area contributed by atoms with E-state index in [0.717, 1.165) is 55.4 Å². The topological polar surface area (TPSA) is 78.5 Å². The van der Waals surface area contributed by atoms with Crippen LogP contribution in [0.25, 0.3) is 11.0 Å². The van der Waals surface area contributed by atoms with Crippen molar-refractivity contribution in [3.05, 3.63) is 59.9 Å². The second-order valence-electron chi connectivity index (χ2n) is 8.99. The third kappa shape index (κ3) is 4.87. The Bertz CT molecular complexity index is 1140. The van der Waals surface area contributed by atoms with E-state index in [9.17, 15) is 9.59 Å². The average Bonchev–Trinajstić information content (AvgIpc) is 3.32. The highest BCUT2D eigenvalue weighted by molar-refractivity contribution is 5.99. The molecule has 2 bridgehead atoms. The molecule has 33 heavy (non-hydrogen) atoms. The quantitative estimate of drug-likeness (QED) is 0.617. The van der Waals surface area contributed by atoms with Gasteiger partial charge in [0.2, 0.25) is 5.91 Å². The van der Waals surface area contributed by atoms with Gasteiger partial charge in [0.25, 0.3) is 5.91 Å². The molecule has 5 rings (SSSR count). The largest absolute Gasteiger partial charge is 0.494 e. The van der Waals surface area contributed by atoms with Gasteiger partial charge in [0, 0.05) is 24.7 Å². The Balaban J connectivity index is 1.40. The molecule has 7 heteroatoms. The van der Waals surface area contributed by atoms with E-state index in [1.807, 2.05) is 29.2 Å². The molecule has 0 saturated carbocycles. The van der Waals surface area contributed by atoms with Crippen LogP contribution in [0.4, 0.5) is 0 Å². The van der Waals surface area contributed by atoms with E-state index in [-0.39, 0.29) is 24.4 Å². The van der Waals surface area contributed by atoms with Gasteiger partial charge in [-0.1, -0.05) is 12.1 Å². The van der Waals surface area contributed by atoms with Crippen LogP contribution in [-0.4, -0.2) is 63.9 Å². The fourth-order valence-electron chi connectivity index (χ4n) is 4.96. The van der Waals surface area contributed by atoms with Crippen LogP contribution in [0.5, 0.6) is 5.75 Å². The number of carbonyl (C=O) groups excluding carboxylic acids is 2. The molecule has 2 aliphatic heterocycles. The van der Waals surface area contributed by atoms with Gasteiger partial charge < -0.3 is 19.5 Å². The molecular formula is C26H30N4O3. The minimum Gasteiger partial charge on any atom is -0.494 e. The van der Waals surface area contributed by atoms with Crippen molar-refractivity contribution < 1.29 is 14.3 Å². The van der Waals surface area contributed by atoms with Crippen molar-refractivity contribution in [1.29, 1.82) is 0 Å². The molecular weight excluding hydrogens is 416 g/mol. The SMILES string of the molecule is O=C(c1ccc2nc[nH]c2c1)N1CCCOc2cccc(c2)CCC2CCCCN2C(=O)C1. The predicted octanol–water partition coefficient (Wildman–Crippen LogP) is 3.80. The molecule has 7 nitrogen and oxygen atoms in total. The molecule has 3 heterocycles. The average molecular weight is 447 g/mol. The number of aryl methyl sites for hydroxylation is 1. The number of piperidine rings is 1. The molecule has 1 aromatic heterocycles. The van der Waals surface area contributed by atoms with E-state index in [2.05, 4.69) is 22.1 Å². The maximum absolute atomic E-state index is 13.4. The third-order valence-electron chi connectivity index (χ3n) is 6.73. The molecule has 0 aliphatic carbocycles. The lowest BCUT2D eigenvalue weighted by atomic mass is 9.95. The number of imidazole rings is 1. The summed E-state index contributed by atoms with van der Waals surface area (Å²) in [7, 11) is 0. The minimum atomic E-state index is -0.137. The molecule has 0 spiro atoms. The Hall–Kier alpha value is -3.35. The predicted molar refractivity (Wildman–Crippen MR) is 126 cm³/mol. The van der Waals surface area contributed by atoms with E-state index >= 15 is 0 Å². The van der Waals surface area contributed by atoms with Gasteiger partial charge in [-0.05, 0) is 74.4 Å². The van der Waals surface area contributed by atoms with Crippen LogP contribution < -0.4 is 4.74 Å². The first-order valence-electron chi connectivity index (χ1n) is 11.9. The number of nitrogens with one attached hydrogen (secondary N) is 1. The lowest BCUT2D eigenvalue weighted by Gasteiger charge is -2.37. The first-order valence-corrected chi connectivity index (χ1v) is 11.9. The molecule has 1 saturated heterocycles. The molecule has 0 radical (unpaired) electrons. The Morgan fingerprint density at radius 2 is 2.00 bits per heavy atom. The smallest absolute Gasteiger partial charge is 0.254 e. The summed E-state index contributed by atoms with van der Waals surface area (Å²) in [6.07, 6.45) is 7.30. The Kier molecular flexibility index (Phi) is 6.28. The summed E-state index contributed by atoms with van der Waals surface area (Å²) in [6.45, 7) is 1.83. The number of fused-ring (bicyclic) bond motifs is 4. The van der Waals surface area contributed by atoms with Crippen molar-refractivity contribution in [3.8, 4) is 5.75 Å². The van der Waals surface area contributed by atoms with Gasteiger partial charge >= 0.3 is 0 Å². The van der Waals surface area contributed by atoms with Gasteiger partial charge in [-0.2, -0.15) is 0 Å². The van der Waals surface area contributed by atoms with Gasteiger partial charge in [0.1, 0.15) is 12.3 Å². The monoisotopic (exact) mass is 446 g/mol. The van der Waals surface area contributed by atoms with Crippen molar-refractivity contribution in [1.82, 2.24) is 19.8 Å². The standard InChI is InChI=1S/C26H30N4O3/c31-25-17-29(26(32)20-9-11-23-24(16-20)28-18-27-23)12-4-14-33-22-7-3-5-19(15-22)8-10-21-6-1-2-13-30(21)25/h3,5,7,9,11,15-16,18,21H,1-2,4,6,8,10,12-14,17H2,(H,27,28). The zero-order valence-electron chi connectivity index (χ0n) is 18.8. The zero-order chi connectivity index (χ0) is 22.6. The highest BCUT2D eigenvalue weighted by Crippen LogP contribution is 2.24. The molecule has 3 aromatic rings. The second-order valence-corrected chi connectivity index (χ2v) is 8.99. The second kappa shape index (κ2) is 9.65. The van der Waals surface area contributed by atoms with Crippen LogP contribution in [-0.2, 0) is 11.2 Å². The van der Waals surface area contributed by atoms with Crippen molar-refractivity contribution in [2.75, 3.05) is 26.2 Å². The van der Waals surface area contributed by atoms with E-state index < -0.39 is 0 Å². The van der Waals surface area contributed by atoms with Gasteiger partial charge in [0.15, 0.2) is 0 Å². The van der Waals surface area contributed by atoms with Crippen LogP contribution in [0.1, 0.15) is 48.0 Å². The van der Waals surface area contributed by atoms with E-state index in [0.29, 0.717) is 25.1 Å². The third-order valence-corrected chi connectivity index (χ3v) is 6.73. The fraction of sp³-hybridized carbons (Fsp3) is 0.423. The fourth-order valence-corrected chi connectivity index (χ4v) is 4.96. The number of hydrogen-bond donors (Lipinski definition) is 1. The first kappa shape index (κ1) is 21.5. The Labute approximate surface area is 193 Å². The number of hydrogen-bond acceptors (Lipinski definition) is 4. The highest BCUT2D eigenvalue weighted by atomic mass is 16.5. The van der Waals surface area contributed by atoms with E-state index in [1.165, 1.54) is 5.56 Å². The molecule has 2 aromatic carbocycles. The number of aromatic nitrogens is 2. The summed E-state index contributed by atoms with van der Waals surface area (Å²) in [5.41, 5.74) is 3.43. The number of rotatable bonds is 1. The van der Waals surface area contributed by atoms with Gasteiger partial charge in [-0.15, -0.1) is 0 Å². The van der Waals surface area contributed by atoms with Crippen molar-refractivity contribution in [3.63, 3.8) is 0 Å². The number of ether oxygens (including phenoxy) is 1. The summed E-state index contributed by atoms with van der Waals surface area (Å²) < 4.78 is 5.96. The molecule has 2 aliphatic rings. The lowest BCUT2D eigenvalue weighted by Crippen LogP contribution is -2.49. The Morgan fingerprint density at radius 1 is 1.06 bits per heavy atom. The normalized spacial score (nSPS) is 20.1. The summed E-state index contributed by atoms with van der Waals surface area (Å²) >= 11 is 0. The van der Waals surface area contributed by atoms with Gasteiger partial charge in [-0.3, -0.25) is 9.59 Å². The van der Waals surface area contributed by atoms with Crippen molar-refractivity contribution in [2.24, 2.45) is 0 Å². The summed E-state index contributed by atoms with van der Waals surface area (Å²) in [4.78, 5) is 37.8. The van der Waals surface area contributed by atoms with Crippen molar-refractivity contribution >= 4 is 22.8 Å².